The minimum Gasteiger partial charge on any atom is -0.267 e. The van der Waals surface area contributed by atoms with Gasteiger partial charge in [-0.15, -0.1) is 11.3 Å². The van der Waals surface area contributed by atoms with Gasteiger partial charge < -0.3 is 0 Å². The summed E-state index contributed by atoms with van der Waals surface area (Å²) in [6, 6.07) is 5.82. The fraction of sp³-hybridized carbons (Fsp3) is 0.0833. The van der Waals surface area contributed by atoms with Crippen LogP contribution < -0.4 is 5.56 Å². The minimum absolute atomic E-state index is 0.117. The molecule has 4 nitrogen and oxygen atoms in total. The molecule has 0 aliphatic heterocycles. The van der Waals surface area contributed by atoms with E-state index in [-0.39, 0.29) is 5.56 Å². The summed E-state index contributed by atoms with van der Waals surface area (Å²) in [7, 11) is 0. The normalized spacial score (nSPS) is 10.6. The van der Waals surface area contributed by atoms with Crippen LogP contribution in [0.3, 0.4) is 0 Å². The second-order valence-electron chi connectivity index (χ2n) is 3.40. The van der Waals surface area contributed by atoms with Crippen molar-refractivity contribution in [2.45, 2.75) is 6.92 Å². The van der Waals surface area contributed by atoms with Crippen LogP contribution in [0.5, 0.6) is 0 Å². The molecule has 5 heteroatoms. The Morgan fingerprint density at radius 1 is 1.53 bits per heavy atom. The Morgan fingerprint density at radius 2 is 2.35 bits per heavy atom. The second-order valence-corrected chi connectivity index (χ2v) is 4.38. The van der Waals surface area contributed by atoms with Crippen LogP contribution in [-0.4, -0.2) is 10.2 Å². The number of hydrogen-bond acceptors (Lipinski definition) is 4. The van der Waals surface area contributed by atoms with E-state index in [1.165, 1.54) is 0 Å². The third-order valence-electron chi connectivity index (χ3n) is 2.32. The first-order valence-electron chi connectivity index (χ1n) is 4.93. The molecular weight excluding hydrogens is 234 g/mol. The molecule has 84 valence electrons. The van der Waals surface area contributed by atoms with Crippen LogP contribution in [0, 0.1) is 18.3 Å². The highest BCUT2D eigenvalue weighted by Gasteiger charge is 2.07. The van der Waals surface area contributed by atoms with E-state index in [1.54, 1.807) is 24.3 Å². The molecule has 0 saturated carbocycles. The number of H-pyrrole nitrogens is 1. The number of nitrogens with zero attached hydrogens (tertiary/aromatic N) is 2. The van der Waals surface area contributed by atoms with Crippen LogP contribution in [0.15, 0.2) is 22.3 Å². The van der Waals surface area contributed by atoms with E-state index in [9.17, 15) is 4.79 Å². The molecule has 0 bridgehead atoms. The maximum Gasteiger partial charge on any atom is 0.282 e. The van der Waals surface area contributed by atoms with Crippen LogP contribution in [0.2, 0.25) is 0 Å². The molecule has 0 aliphatic carbocycles. The van der Waals surface area contributed by atoms with Crippen molar-refractivity contribution in [1.82, 2.24) is 10.2 Å². The van der Waals surface area contributed by atoms with E-state index in [0.717, 1.165) is 4.88 Å². The molecule has 0 atom stereocenters. The van der Waals surface area contributed by atoms with Crippen molar-refractivity contribution in [3.05, 3.63) is 49.6 Å². The summed E-state index contributed by atoms with van der Waals surface area (Å²) in [5.74, 6) is 0. The van der Waals surface area contributed by atoms with Crippen LogP contribution in [-0.2, 0) is 0 Å². The highest BCUT2D eigenvalue weighted by Crippen LogP contribution is 2.14. The zero-order valence-electron chi connectivity index (χ0n) is 9.10. The fourth-order valence-corrected chi connectivity index (χ4v) is 2.01. The lowest BCUT2D eigenvalue weighted by atomic mass is 10.1. The zero-order valence-corrected chi connectivity index (χ0v) is 9.91. The van der Waals surface area contributed by atoms with Gasteiger partial charge in [-0.2, -0.15) is 10.4 Å². The first-order chi connectivity index (χ1) is 8.22. The molecule has 0 fully saturated rings. The van der Waals surface area contributed by atoms with Crippen molar-refractivity contribution in [2.24, 2.45) is 0 Å². The summed E-state index contributed by atoms with van der Waals surface area (Å²) in [5, 5.41) is 17.1. The van der Waals surface area contributed by atoms with Gasteiger partial charge in [0.05, 0.1) is 5.69 Å². The predicted molar refractivity (Wildman–Crippen MR) is 67.6 cm³/mol. The number of nitrogens with one attached hydrogen (secondary N) is 1. The maximum atomic E-state index is 11.3. The van der Waals surface area contributed by atoms with Gasteiger partial charge in [0.25, 0.3) is 5.56 Å². The number of nitriles is 1. The topological polar surface area (TPSA) is 69.5 Å². The lowest BCUT2D eigenvalue weighted by Gasteiger charge is -1.99. The largest absolute Gasteiger partial charge is 0.282 e. The highest BCUT2D eigenvalue weighted by atomic mass is 32.1. The molecule has 0 saturated heterocycles. The molecule has 0 amide bonds. The van der Waals surface area contributed by atoms with Crippen molar-refractivity contribution >= 4 is 23.5 Å². The predicted octanol–water partition coefficient (Wildman–Crippen LogP) is 2.18. The van der Waals surface area contributed by atoms with Gasteiger partial charge in [0, 0.05) is 4.88 Å². The number of hydrogen-bond donors (Lipinski definition) is 1. The quantitative estimate of drug-likeness (QED) is 0.878. The minimum atomic E-state index is -0.446. The van der Waals surface area contributed by atoms with Gasteiger partial charge in [0.15, 0.2) is 0 Å². The standard InChI is InChI=1S/C12H9N3OS/c1-8-10(7-13)12(16)15-14-11(8)5-4-9-3-2-6-17-9/h2-6H,1H3,(H,15,16). The van der Waals surface area contributed by atoms with E-state index in [0.29, 0.717) is 11.3 Å². The molecule has 0 radical (unpaired) electrons. The molecule has 0 aliphatic rings. The summed E-state index contributed by atoms with van der Waals surface area (Å²) in [4.78, 5) is 12.4. The fourth-order valence-electron chi connectivity index (χ4n) is 1.39. The summed E-state index contributed by atoms with van der Waals surface area (Å²) in [6.45, 7) is 1.72. The van der Waals surface area contributed by atoms with Gasteiger partial charge in [-0.25, -0.2) is 5.10 Å². The first-order valence-corrected chi connectivity index (χ1v) is 5.81. The average Bonchev–Trinajstić information content (AvgIpc) is 2.82. The first kappa shape index (κ1) is 11.3. The third kappa shape index (κ3) is 2.32. The lowest BCUT2D eigenvalue weighted by molar-refractivity contribution is 0.953. The van der Waals surface area contributed by atoms with E-state index in [1.807, 2.05) is 29.7 Å². The van der Waals surface area contributed by atoms with Gasteiger partial charge in [0.1, 0.15) is 11.6 Å². The van der Waals surface area contributed by atoms with Crippen molar-refractivity contribution in [3.63, 3.8) is 0 Å². The second kappa shape index (κ2) is 4.76. The Bertz CT molecular complexity index is 647. The Labute approximate surface area is 102 Å². The van der Waals surface area contributed by atoms with Crippen LogP contribution in [0.25, 0.3) is 12.2 Å². The molecule has 17 heavy (non-hydrogen) atoms. The number of thiophene rings is 1. The summed E-state index contributed by atoms with van der Waals surface area (Å²) in [5.41, 5.74) is 0.878. The Balaban J connectivity index is 2.42. The summed E-state index contributed by atoms with van der Waals surface area (Å²) < 4.78 is 0. The van der Waals surface area contributed by atoms with Gasteiger partial charge >= 0.3 is 0 Å². The SMILES string of the molecule is Cc1c(C=Cc2cccs2)n[nH]c(=O)c1C#N. The Hall–Kier alpha value is -2.19. The van der Waals surface area contributed by atoms with Crippen molar-refractivity contribution in [1.29, 1.82) is 5.26 Å². The number of rotatable bonds is 2. The molecule has 0 spiro atoms. The monoisotopic (exact) mass is 243 g/mol. The maximum absolute atomic E-state index is 11.3. The van der Waals surface area contributed by atoms with E-state index < -0.39 is 5.56 Å². The molecule has 1 N–H and O–H groups in total. The van der Waals surface area contributed by atoms with Crippen molar-refractivity contribution in [2.75, 3.05) is 0 Å². The summed E-state index contributed by atoms with van der Waals surface area (Å²) in [6.07, 6.45) is 3.69. The molecule has 2 heterocycles. The smallest absolute Gasteiger partial charge is 0.267 e. The number of aromatic nitrogens is 2. The molecule has 0 aromatic carbocycles. The highest BCUT2D eigenvalue weighted by molar-refractivity contribution is 7.10. The van der Waals surface area contributed by atoms with Crippen LogP contribution >= 0.6 is 11.3 Å². The van der Waals surface area contributed by atoms with E-state index >= 15 is 0 Å². The zero-order chi connectivity index (χ0) is 12.3. The van der Waals surface area contributed by atoms with Gasteiger partial charge in [0.2, 0.25) is 0 Å². The van der Waals surface area contributed by atoms with Crippen LogP contribution in [0.4, 0.5) is 0 Å². The average molecular weight is 243 g/mol. The molecular formula is C12H9N3OS. The number of aromatic amines is 1. The van der Waals surface area contributed by atoms with Gasteiger partial charge in [-0.05, 0) is 36.1 Å². The third-order valence-corrected chi connectivity index (χ3v) is 3.16. The Kier molecular flexibility index (Phi) is 3.17. The lowest BCUT2D eigenvalue weighted by Crippen LogP contribution is -2.15. The molecule has 2 aromatic rings. The van der Waals surface area contributed by atoms with E-state index in [2.05, 4.69) is 10.2 Å². The van der Waals surface area contributed by atoms with Crippen molar-refractivity contribution < 1.29 is 0 Å². The van der Waals surface area contributed by atoms with Gasteiger partial charge in [-0.3, -0.25) is 4.79 Å². The van der Waals surface area contributed by atoms with Gasteiger partial charge in [-0.1, -0.05) is 6.07 Å². The molecule has 2 rings (SSSR count). The van der Waals surface area contributed by atoms with E-state index in [4.69, 9.17) is 5.26 Å². The summed E-state index contributed by atoms with van der Waals surface area (Å²) >= 11 is 1.61. The van der Waals surface area contributed by atoms with Crippen LogP contribution in [0.1, 0.15) is 21.7 Å². The van der Waals surface area contributed by atoms with Crippen molar-refractivity contribution in [3.8, 4) is 6.07 Å². The molecule has 0 unspecified atom stereocenters. The Morgan fingerprint density at radius 3 is 3.00 bits per heavy atom. The molecule has 2 aromatic heterocycles.